The lowest BCUT2D eigenvalue weighted by Gasteiger charge is -2.27. The molecule has 0 radical (unpaired) electrons. The first-order chi connectivity index (χ1) is 14.1. The molecule has 2 amide bonds. The van der Waals surface area contributed by atoms with Crippen LogP contribution in [0, 0.1) is 6.92 Å². The minimum Gasteiger partial charge on any atom is -0.346 e. The molecule has 1 aliphatic rings. The highest BCUT2D eigenvalue weighted by molar-refractivity contribution is 7.08. The predicted molar refractivity (Wildman–Crippen MR) is 116 cm³/mol. The van der Waals surface area contributed by atoms with E-state index in [9.17, 15) is 9.59 Å². The number of para-hydroxylation sites is 1. The zero-order chi connectivity index (χ0) is 20.2. The van der Waals surface area contributed by atoms with Crippen LogP contribution in [-0.4, -0.2) is 41.3 Å². The third-order valence-corrected chi connectivity index (χ3v) is 5.97. The Bertz CT molecular complexity index is 1010. The molecule has 3 aromatic rings. The predicted octanol–water partition coefficient (Wildman–Crippen LogP) is 3.50. The highest BCUT2D eigenvalue weighted by atomic mass is 32.1. The van der Waals surface area contributed by atoms with Crippen molar-refractivity contribution >= 4 is 39.7 Å². The van der Waals surface area contributed by atoms with Crippen LogP contribution in [-0.2, 0) is 9.59 Å². The van der Waals surface area contributed by atoms with Gasteiger partial charge in [0.25, 0.3) is 0 Å². The van der Waals surface area contributed by atoms with Gasteiger partial charge in [-0.1, -0.05) is 18.2 Å². The molecule has 29 heavy (non-hydrogen) atoms. The second kappa shape index (κ2) is 8.71. The van der Waals surface area contributed by atoms with Crippen LogP contribution in [0.3, 0.4) is 0 Å². The number of nitrogens with zero attached hydrogens (tertiary/aromatic N) is 2. The first-order valence-corrected chi connectivity index (χ1v) is 10.8. The summed E-state index contributed by atoms with van der Waals surface area (Å²) in [5, 5.41) is 10.5. The summed E-state index contributed by atoms with van der Waals surface area (Å²) in [6.45, 7) is 4.32. The van der Waals surface area contributed by atoms with Gasteiger partial charge in [0.05, 0.1) is 17.2 Å². The third kappa shape index (κ3) is 4.46. The standard InChI is InChI=1S/C22H24N4O2S/c1-15-12-19(17-6-2-3-7-18(17)24-15)25-22(28)21(27)23-13-20(16-8-11-29-14-16)26-9-4-5-10-26/h2-3,6-8,11-12,14,20H,4-5,9-10,13H2,1H3,(H,23,27)(H,24,25,28). The second-order valence-corrected chi connectivity index (χ2v) is 8.09. The molecule has 6 nitrogen and oxygen atoms in total. The van der Waals surface area contributed by atoms with Gasteiger partial charge in [0, 0.05) is 17.6 Å². The number of fused-ring (bicyclic) bond motifs is 1. The fourth-order valence-electron chi connectivity index (χ4n) is 3.84. The maximum Gasteiger partial charge on any atom is 0.313 e. The summed E-state index contributed by atoms with van der Waals surface area (Å²) in [7, 11) is 0. The number of aryl methyl sites for hydroxylation is 1. The van der Waals surface area contributed by atoms with E-state index in [2.05, 4.69) is 32.0 Å². The molecule has 0 bridgehead atoms. The number of amides is 2. The van der Waals surface area contributed by atoms with E-state index in [-0.39, 0.29) is 6.04 Å². The fraction of sp³-hybridized carbons (Fsp3) is 0.318. The number of rotatable bonds is 5. The van der Waals surface area contributed by atoms with Crippen molar-refractivity contribution in [3.63, 3.8) is 0 Å². The van der Waals surface area contributed by atoms with E-state index >= 15 is 0 Å². The normalized spacial score (nSPS) is 15.3. The first-order valence-electron chi connectivity index (χ1n) is 9.83. The monoisotopic (exact) mass is 408 g/mol. The van der Waals surface area contributed by atoms with Crippen LogP contribution in [0.1, 0.15) is 30.1 Å². The Morgan fingerprint density at radius 1 is 1.17 bits per heavy atom. The molecular weight excluding hydrogens is 384 g/mol. The quantitative estimate of drug-likeness (QED) is 0.634. The van der Waals surface area contributed by atoms with Gasteiger partial charge in [0.15, 0.2) is 0 Å². The van der Waals surface area contributed by atoms with Gasteiger partial charge >= 0.3 is 11.8 Å². The number of hydrogen-bond acceptors (Lipinski definition) is 5. The molecule has 1 aromatic carbocycles. The van der Waals surface area contributed by atoms with E-state index in [1.54, 1.807) is 17.4 Å². The molecule has 1 aliphatic heterocycles. The number of carbonyl (C=O) groups excluding carboxylic acids is 2. The maximum absolute atomic E-state index is 12.5. The summed E-state index contributed by atoms with van der Waals surface area (Å²) >= 11 is 1.65. The van der Waals surface area contributed by atoms with Gasteiger partial charge in [-0.3, -0.25) is 19.5 Å². The molecule has 1 fully saturated rings. The number of nitrogens with one attached hydrogen (secondary N) is 2. The highest BCUT2D eigenvalue weighted by Gasteiger charge is 2.25. The van der Waals surface area contributed by atoms with Crippen LogP contribution in [0.4, 0.5) is 5.69 Å². The molecule has 3 heterocycles. The van der Waals surface area contributed by atoms with Crippen LogP contribution in [0.2, 0.25) is 0 Å². The Balaban J connectivity index is 1.44. The minimum absolute atomic E-state index is 0.101. The average molecular weight is 409 g/mol. The van der Waals surface area contributed by atoms with E-state index in [1.165, 1.54) is 18.4 Å². The molecule has 0 spiro atoms. The molecule has 1 atom stereocenters. The fourth-order valence-corrected chi connectivity index (χ4v) is 4.54. The van der Waals surface area contributed by atoms with Crippen LogP contribution >= 0.6 is 11.3 Å². The molecule has 1 unspecified atom stereocenters. The molecule has 150 valence electrons. The molecule has 1 saturated heterocycles. The van der Waals surface area contributed by atoms with Crippen LogP contribution in [0.15, 0.2) is 47.2 Å². The van der Waals surface area contributed by atoms with Crippen LogP contribution in [0.25, 0.3) is 10.9 Å². The zero-order valence-electron chi connectivity index (χ0n) is 16.4. The number of benzene rings is 1. The number of anilines is 1. The third-order valence-electron chi connectivity index (χ3n) is 5.26. The van der Waals surface area contributed by atoms with E-state index < -0.39 is 11.8 Å². The largest absolute Gasteiger partial charge is 0.346 e. The summed E-state index contributed by atoms with van der Waals surface area (Å²) in [6, 6.07) is 11.5. The second-order valence-electron chi connectivity index (χ2n) is 7.31. The average Bonchev–Trinajstić information content (AvgIpc) is 3.42. The maximum atomic E-state index is 12.5. The van der Waals surface area contributed by atoms with Crippen molar-refractivity contribution in [2.75, 3.05) is 25.0 Å². The zero-order valence-corrected chi connectivity index (χ0v) is 17.2. The Morgan fingerprint density at radius 2 is 1.97 bits per heavy atom. The van der Waals surface area contributed by atoms with Crippen LogP contribution in [0.5, 0.6) is 0 Å². The number of thiophene rings is 1. The van der Waals surface area contributed by atoms with Gasteiger partial charge in [-0.2, -0.15) is 11.3 Å². The number of likely N-dealkylation sites (tertiary alicyclic amines) is 1. The molecule has 4 rings (SSSR count). The molecule has 0 aliphatic carbocycles. The molecule has 2 aromatic heterocycles. The lowest BCUT2D eigenvalue weighted by atomic mass is 10.1. The van der Waals surface area contributed by atoms with Crippen molar-refractivity contribution in [3.8, 4) is 0 Å². The minimum atomic E-state index is -0.661. The van der Waals surface area contributed by atoms with Gasteiger partial charge in [-0.15, -0.1) is 0 Å². The lowest BCUT2D eigenvalue weighted by molar-refractivity contribution is -0.136. The van der Waals surface area contributed by atoms with E-state index in [0.717, 1.165) is 29.7 Å². The molecule has 0 saturated carbocycles. The Morgan fingerprint density at radius 3 is 2.72 bits per heavy atom. The number of carbonyl (C=O) groups is 2. The van der Waals surface area contributed by atoms with Crippen molar-refractivity contribution in [2.45, 2.75) is 25.8 Å². The summed E-state index contributed by atoms with van der Waals surface area (Å²) in [5.41, 5.74) is 3.36. The lowest BCUT2D eigenvalue weighted by Crippen LogP contribution is -2.41. The molecule has 7 heteroatoms. The first kappa shape index (κ1) is 19.5. The topological polar surface area (TPSA) is 74.3 Å². The Labute approximate surface area is 173 Å². The summed E-state index contributed by atoms with van der Waals surface area (Å²) in [5.74, 6) is -1.28. The van der Waals surface area contributed by atoms with Gasteiger partial charge in [-0.05, 0) is 67.4 Å². The molecular formula is C22H24N4O2S. The number of hydrogen-bond donors (Lipinski definition) is 2. The van der Waals surface area contributed by atoms with Gasteiger partial charge in [-0.25, -0.2) is 0 Å². The Hall–Kier alpha value is -2.77. The number of aromatic nitrogens is 1. The van der Waals surface area contributed by atoms with Crippen molar-refractivity contribution in [3.05, 3.63) is 58.4 Å². The van der Waals surface area contributed by atoms with E-state index in [1.807, 2.05) is 36.6 Å². The van der Waals surface area contributed by atoms with Gasteiger partial charge in [0.1, 0.15) is 0 Å². The van der Waals surface area contributed by atoms with Crippen LogP contribution < -0.4 is 10.6 Å². The smallest absolute Gasteiger partial charge is 0.313 e. The number of pyridine rings is 1. The van der Waals surface area contributed by atoms with Crippen molar-refractivity contribution in [1.29, 1.82) is 0 Å². The van der Waals surface area contributed by atoms with Crippen molar-refractivity contribution in [1.82, 2.24) is 15.2 Å². The van der Waals surface area contributed by atoms with E-state index in [4.69, 9.17) is 0 Å². The van der Waals surface area contributed by atoms with Gasteiger partial charge in [0.2, 0.25) is 0 Å². The highest BCUT2D eigenvalue weighted by Crippen LogP contribution is 2.26. The van der Waals surface area contributed by atoms with Crippen molar-refractivity contribution in [2.24, 2.45) is 0 Å². The van der Waals surface area contributed by atoms with Gasteiger partial charge < -0.3 is 10.6 Å². The summed E-state index contributed by atoms with van der Waals surface area (Å²) in [6.07, 6.45) is 2.34. The van der Waals surface area contributed by atoms with E-state index in [0.29, 0.717) is 12.2 Å². The summed E-state index contributed by atoms with van der Waals surface area (Å²) in [4.78, 5) is 31.9. The Kier molecular flexibility index (Phi) is 5.87. The molecule has 2 N–H and O–H groups in total. The van der Waals surface area contributed by atoms with Crippen molar-refractivity contribution < 1.29 is 9.59 Å². The SMILES string of the molecule is Cc1cc(NC(=O)C(=O)NCC(c2ccsc2)N2CCCC2)c2ccccc2n1. The summed E-state index contributed by atoms with van der Waals surface area (Å²) < 4.78 is 0.